The summed E-state index contributed by atoms with van der Waals surface area (Å²) in [5, 5.41) is 9.32. The number of carboxylic acids is 1. The number of hydrogen-bond donors (Lipinski definition) is 1. The molecule has 4 nitrogen and oxygen atoms in total. The molecule has 0 bridgehead atoms. The number of carboxylic acid groups (broad SMARTS) is 1. The highest BCUT2D eigenvalue weighted by atomic mass is 16.5. The Morgan fingerprint density at radius 1 is 0.897 bits per heavy atom. The van der Waals surface area contributed by atoms with Crippen molar-refractivity contribution in [3.05, 3.63) is 102 Å². The lowest BCUT2D eigenvalue weighted by molar-refractivity contribution is -0.141. The average Bonchev–Trinajstić information content (AvgIpc) is 2.77. The van der Waals surface area contributed by atoms with Gasteiger partial charge in [0.25, 0.3) is 0 Å². The molecule has 2 unspecified atom stereocenters. The normalized spacial score (nSPS) is 12.7. The lowest BCUT2D eigenvalue weighted by Crippen LogP contribution is -2.20. The first-order chi connectivity index (χ1) is 14.0. The molecule has 3 aromatic rings. The molecule has 1 N–H and O–H groups in total. The number of rotatable bonds is 9. The van der Waals surface area contributed by atoms with Gasteiger partial charge in [0, 0.05) is 11.5 Å². The van der Waals surface area contributed by atoms with Crippen molar-refractivity contribution in [1.29, 1.82) is 0 Å². The Morgan fingerprint density at radius 3 is 2.21 bits per heavy atom. The van der Waals surface area contributed by atoms with Gasteiger partial charge in [0.1, 0.15) is 12.4 Å². The first-order valence-corrected chi connectivity index (χ1v) is 9.63. The Bertz CT molecular complexity index is 951. The zero-order chi connectivity index (χ0) is 20.6. The fourth-order valence-electron chi connectivity index (χ4n) is 3.22. The second-order valence-electron chi connectivity index (χ2n) is 7.10. The molecule has 0 amide bonds. The van der Waals surface area contributed by atoms with Crippen LogP contribution in [-0.4, -0.2) is 16.9 Å². The van der Waals surface area contributed by atoms with Crippen molar-refractivity contribution in [3.63, 3.8) is 0 Å². The first-order valence-electron chi connectivity index (χ1n) is 9.63. The number of ether oxygens (including phenoxy) is 1. The first kappa shape index (κ1) is 20.3. The number of hydrogen-bond acceptors (Lipinski definition) is 3. The van der Waals surface area contributed by atoms with E-state index in [2.05, 4.69) is 0 Å². The summed E-state index contributed by atoms with van der Waals surface area (Å²) in [5.41, 5.74) is 2.38. The van der Waals surface area contributed by atoms with E-state index in [0.29, 0.717) is 17.9 Å². The van der Waals surface area contributed by atoms with Gasteiger partial charge in [-0.1, -0.05) is 79.7 Å². The van der Waals surface area contributed by atoms with E-state index >= 15 is 0 Å². The molecule has 2 atom stereocenters. The van der Waals surface area contributed by atoms with Crippen LogP contribution in [0, 0.1) is 5.92 Å². The third-order valence-electron chi connectivity index (χ3n) is 4.90. The maximum absolute atomic E-state index is 13.3. The van der Waals surface area contributed by atoms with Crippen LogP contribution in [0.4, 0.5) is 0 Å². The van der Waals surface area contributed by atoms with E-state index in [1.54, 1.807) is 25.1 Å². The highest BCUT2D eigenvalue weighted by molar-refractivity contribution is 6.01. The van der Waals surface area contributed by atoms with Crippen molar-refractivity contribution in [3.8, 4) is 5.75 Å². The molecule has 148 valence electrons. The van der Waals surface area contributed by atoms with Gasteiger partial charge in [-0.3, -0.25) is 9.59 Å². The largest absolute Gasteiger partial charge is 0.489 e. The maximum Gasteiger partial charge on any atom is 0.306 e. The minimum absolute atomic E-state index is 0.102. The van der Waals surface area contributed by atoms with Gasteiger partial charge in [-0.05, 0) is 29.7 Å². The third kappa shape index (κ3) is 5.55. The van der Waals surface area contributed by atoms with Crippen LogP contribution in [0.25, 0.3) is 0 Å². The quantitative estimate of drug-likeness (QED) is 0.502. The van der Waals surface area contributed by atoms with E-state index in [0.717, 1.165) is 11.1 Å². The second-order valence-corrected chi connectivity index (χ2v) is 7.10. The highest BCUT2D eigenvalue weighted by Gasteiger charge is 2.27. The second kappa shape index (κ2) is 9.69. The maximum atomic E-state index is 13.3. The minimum Gasteiger partial charge on any atom is -0.489 e. The van der Waals surface area contributed by atoms with E-state index < -0.39 is 17.8 Å². The summed E-state index contributed by atoms with van der Waals surface area (Å²) in [6, 6.07) is 26.2. The predicted molar refractivity (Wildman–Crippen MR) is 112 cm³/mol. The molecule has 3 aromatic carbocycles. The fraction of sp³-hybridized carbons (Fsp3) is 0.200. The van der Waals surface area contributed by atoms with Gasteiger partial charge in [0.05, 0.1) is 5.92 Å². The fourth-order valence-corrected chi connectivity index (χ4v) is 3.22. The van der Waals surface area contributed by atoms with Crippen molar-refractivity contribution in [2.75, 3.05) is 0 Å². The van der Waals surface area contributed by atoms with E-state index in [1.165, 1.54) is 0 Å². The summed E-state index contributed by atoms with van der Waals surface area (Å²) in [6.45, 7) is 2.04. The Labute approximate surface area is 170 Å². The molecule has 0 radical (unpaired) electrons. The molecule has 0 aromatic heterocycles. The lowest BCUT2D eigenvalue weighted by Gasteiger charge is -2.19. The van der Waals surface area contributed by atoms with Gasteiger partial charge in [-0.15, -0.1) is 0 Å². The van der Waals surface area contributed by atoms with Crippen LogP contribution in [0.5, 0.6) is 5.75 Å². The SMILES string of the molecule is CC(CC(C(=O)c1cccc(OCc2ccccc2)c1)c1ccccc1)C(=O)O. The number of Topliss-reactive ketones (excluding diaryl/α,β-unsaturated/α-hetero) is 1. The average molecular weight is 388 g/mol. The number of carbonyl (C=O) groups is 2. The number of carbonyl (C=O) groups excluding carboxylic acids is 1. The molecule has 0 spiro atoms. The summed E-state index contributed by atoms with van der Waals surface area (Å²) in [7, 11) is 0. The van der Waals surface area contributed by atoms with Crippen LogP contribution in [0.1, 0.15) is 40.7 Å². The Balaban J connectivity index is 1.80. The number of benzene rings is 3. The van der Waals surface area contributed by atoms with E-state index in [1.807, 2.05) is 66.7 Å². The molecule has 3 rings (SSSR count). The molecule has 0 saturated heterocycles. The number of ketones is 1. The van der Waals surface area contributed by atoms with Crippen molar-refractivity contribution >= 4 is 11.8 Å². The standard InChI is InChI=1S/C25H24O4/c1-18(25(27)28)15-23(20-11-6-3-7-12-20)24(26)21-13-8-14-22(16-21)29-17-19-9-4-2-5-10-19/h2-14,16,18,23H,15,17H2,1H3,(H,27,28). The summed E-state index contributed by atoms with van der Waals surface area (Å²) >= 11 is 0. The third-order valence-corrected chi connectivity index (χ3v) is 4.90. The van der Waals surface area contributed by atoms with E-state index in [4.69, 9.17) is 4.74 Å². The zero-order valence-electron chi connectivity index (χ0n) is 16.3. The molecule has 0 heterocycles. The van der Waals surface area contributed by atoms with E-state index in [-0.39, 0.29) is 12.2 Å². The smallest absolute Gasteiger partial charge is 0.306 e. The molecule has 0 aliphatic carbocycles. The van der Waals surface area contributed by atoms with Crippen LogP contribution in [0.15, 0.2) is 84.9 Å². The predicted octanol–water partition coefficient (Wildman–Crippen LogP) is 5.34. The van der Waals surface area contributed by atoms with E-state index in [9.17, 15) is 14.7 Å². The molecule has 29 heavy (non-hydrogen) atoms. The van der Waals surface area contributed by atoms with Crippen LogP contribution >= 0.6 is 0 Å². The van der Waals surface area contributed by atoms with Crippen molar-refractivity contribution in [2.45, 2.75) is 25.9 Å². The molecular weight excluding hydrogens is 364 g/mol. The number of aliphatic carboxylic acids is 1. The summed E-state index contributed by atoms with van der Waals surface area (Å²) in [4.78, 5) is 24.6. The van der Waals surface area contributed by atoms with Gasteiger partial charge in [0.15, 0.2) is 5.78 Å². The monoisotopic (exact) mass is 388 g/mol. The van der Waals surface area contributed by atoms with Gasteiger partial charge < -0.3 is 9.84 Å². The van der Waals surface area contributed by atoms with Gasteiger partial charge >= 0.3 is 5.97 Å². The Hall–Kier alpha value is -3.40. The van der Waals surface area contributed by atoms with Crippen LogP contribution in [0.2, 0.25) is 0 Å². The highest BCUT2D eigenvalue weighted by Crippen LogP contribution is 2.29. The molecular formula is C25H24O4. The van der Waals surface area contributed by atoms with Crippen molar-refractivity contribution in [1.82, 2.24) is 0 Å². The molecule has 4 heteroatoms. The summed E-state index contributed by atoms with van der Waals surface area (Å²) in [5.74, 6) is -1.54. The van der Waals surface area contributed by atoms with Gasteiger partial charge in [-0.2, -0.15) is 0 Å². The van der Waals surface area contributed by atoms with Crippen LogP contribution in [-0.2, 0) is 11.4 Å². The molecule has 0 aliphatic heterocycles. The lowest BCUT2D eigenvalue weighted by atomic mass is 9.84. The molecule has 0 aliphatic rings. The Kier molecular flexibility index (Phi) is 6.80. The molecule has 0 fully saturated rings. The van der Waals surface area contributed by atoms with Crippen LogP contribution in [0.3, 0.4) is 0 Å². The molecule has 0 saturated carbocycles. The van der Waals surface area contributed by atoms with Gasteiger partial charge in [0.2, 0.25) is 0 Å². The van der Waals surface area contributed by atoms with Gasteiger partial charge in [-0.25, -0.2) is 0 Å². The van der Waals surface area contributed by atoms with Crippen molar-refractivity contribution in [2.24, 2.45) is 5.92 Å². The summed E-state index contributed by atoms with van der Waals surface area (Å²) < 4.78 is 5.84. The van der Waals surface area contributed by atoms with Crippen LogP contribution < -0.4 is 4.74 Å². The topological polar surface area (TPSA) is 63.6 Å². The Morgan fingerprint density at radius 2 is 1.55 bits per heavy atom. The zero-order valence-corrected chi connectivity index (χ0v) is 16.3. The minimum atomic E-state index is -0.904. The van der Waals surface area contributed by atoms with Crippen molar-refractivity contribution < 1.29 is 19.4 Å². The summed E-state index contributed by atoms with van der Waals surface area (Å²) in [6.07, 6.45) is 0.243.